The fraction of sp³-hybridized carbons (Fsp3) is 0.273. The van der Waals surface area contributed by atoms with Crippen molar-refractivity contribution < 1.29 is 19.1 Å². The third-order valence-corrected chi connectivity index (χ3v) is 5.22. The van der Waals surface area contributed by atoms with Gasteiger partial charge in [-0.1, -0.05) is 12.1 Å². The van der Waals surface area contributed by atoms with Crippen LogP contribution in [0.3, 0.4) is 0 Å². The molecule has 4 rings (SSSR count). The van der Waals surface area contributed by atoms with Gasteiger partial charge in [-0.3, -0.25) is 14.6 Å². The molecular formula is C22H21N3O4. The number of anilines is 2. The number of nitrogens with zero attached hydrogens (tertiary/aromatic N) is 2. The summed E-state index contributed by atoms with van der Waals surface area (Å²) in [6, 6.07) is 13.8. The summed E-state index contributed by atoms with van der Waals surface area (Å²) in [7, 11) is 1.31. The van der Waals surface area contributed by atoms with Crippen LogP contribution in [-0.4, -0.2) is 37.1 Å². The Morgan fingerprint density at radius 1 is 1.17 bits per heavy atom. The zero-order valence-corrected chi connectivity index (χ0v) is 16.1. The second-order valence-corrected chi connectivity index (χ2v) is 7.08. The predicted molar refractivity (Wildman–Crippen MR) is 110 cm³/mol. The average molecular weight is 391 g/mol. The number of hydrogen-bond acceptors (Lipinski definition) is 5. The number of para-hydroxylation sites is 2. The van der Waals surface area contributed by atoms with Crippen LogP contribution in [0.1, 0.15) is 29.6 Å². The van der Waals surface area contributed by atoms with E-state index in [9.17, 15) is 14.4 Å². The third-order valence-electron chi connectivity index (χ3n) is 5.22. The summed E-state index contributed by atoms with van der Waals surface area (Å²) in [5, 5.41) is 2.78. The molecule has 29 heavy (non-hydrogen) atoms. The SMILES string of the molecule is COC(=O)c1ccc(NC(=O)CN2C(=O)[C@H]3CCCC3=Nc3ccccc32)cc1. The van der Waals surface area contributed by atoms with Gasteiger partial charge in [-0.15, -0.1) is 0 Å². The van der Waals surface area contributed by atoms with Crippen molar-refractivity contribution in [3.63, 3.8) is 0 Å². The first-order valence-corrected chi connectivity index (χ1v) is 9.53. The number of aliphatic imine (C=N–C) groups is 1. The molecule has 1 fully saturated rings. The van der Waals surface area contributed by atoms with Gasteiger partial charge in [-0.25, -0.2) is 4.79 Å². The molecule has 148 valence electrons. The van der Waals surface area contributed by atoms with Crippen molar-refractivity contribution in [3.8, 4) is 0 Å². The second kappa shape index (κ2) is 7.87. The molecular weight excluding hydrogens is 370 g/mol. The van der Waals surface area contributed by atoms with Crippen LogP contribution in [0.2, 0.25) is 0 Å². The van der Waals surface area contributed by atoms with Crippen LogP contribution in [0.15, 0.2) is 53.5 Å². The van der Waals surface area contributed by atoms with Crippen molar-refractivity contribution in [2.45, 2.75) is 19.3 Å². The highest BCUT2D eigenvalue weighted by molar-refractivity contribution is 6.16. The summed E-state index contributed by atoms with van der Waals surface area (Å²) in [6.07, 6.45) is 2.51. The van der Waals surface area contributed by atoms with E-state index in [4.69, 9.17) is 4.99 Å². The molecule has 2 aliphatic rings. The molecule has 7 heteroatoms. The molecule has 0 bridgehead atoms. The fourth-order valence-electron chi connectivity index (χ4n) is 3.79. The summed E-state index contributed by atoms with van der Waals surface area (Å²) in [6.45, 7) is -0.103. The van der Waals surface area contributed by atoms with Gasteiger partial charge in [-0.2, -0.15) is 0 Å². The Balaban J connectivity index is 1.53. The van der Waals surface area contributed by atoms with Gasteiger partial charge in [0.25, 0.3) is 0 Å². The van der Waals surface area contributed by atoms with Crippen molar-refractivity contribution in [1.82, 2.24) is 0 Å². The highest BCUT2D eigenvalue weighted by Gasteiger charge is 2.37. The van der Waals surface area contributed by atoms with E-state index in [1.807, 2.05) is 24.3 Å². The number of methoxy groups -OCH3 is 1. The number of nitrogens with one attached hydrogen (secondary N) is 1. The molecule has 1 aliphatic carbocycles. The van der Waals surface area contributed by atoms with E-state index in [2.05, 4.69) is 10.1 Å². The second-order valence-electron chi connectivity index (χ2n) is 7.08. The predicted octanol–water partition coefficient (Wildman–Crippen LogP) is 3.33. The van der Waals surface area contributed by atoms with Gasteiger partial charge in [0.1, 0.15) is 6.54 Å². The minimum Gasteiger partial charge on any atom is -0.465 e. The summed E-state index contributed by atoms with van der Waals surface area (Å²) < 4.78 is 4.67. The van der Waals surface area contributed by atoms with E-state index in [1.54, 1.807) is 24.3 Å². The molecule has 0 radical (unpaired) electrons. The number of amides is 2. The lowest BCUT2D eigenvalue weighted by atomic mass is 10.1. The molecule has 1 atom stereocenters. The minimum absolute atomic E-state index is 0.0811. The van der Waals surface area contributed by atoms with Crippen LogP contribution >= 0.6 is 0 Å². The Bertz CT molecular complexity index is 997. The minimum atomic E-state index is -0.443. The third kappa shape index (κ3) is 3.76. The fourth-order valence-corrected chi connectivity index (χ4v) is 3.79. The van der Waals surface area contributed by atoms with Crippen LogP contribution < -0.4 is 10.2 Å². The summed E-state index contributed by atoms with van der Waals surface area (Å²) in [5.41, 5.74) is 3.21. The topological polar surface area (TPSA) is 88.1 Å². The first kappa shape index (κ1) is 18.9. The van der Waals surface area contributed by atoms with Crippen LogP contribution in [0.5, 0.6) is 0 Å². The van der Waals surface area contributed by atoms with E-state index in [0.29, 0.717) is 16.9 Å². The lowest BCUT2D eigenvalue weighted by molar-refractivity contribution is -0.122. The molecule has 2 amide bonds. The first-order chi connectivity index (χ1) is 14.1. The molecule has 7 nitrogen and oxygen atoms in total. The quantitative estimate of drug-likeness (QED) is 0.810. The van der Waals surface area contributed by atoms with Gasteiger partial charge in [0.15, 0.2) is 0 Å². The van der Waals surface area contributed by atoms with E-state index in [1.165, 1.54) is 12.0 Å². The van der Waals surface area contributed by atoms with Gasteiger partial charge in [-0.05, 0) is 55.7 Å². The van der Waals surface area contributed by atoms with Crippen molar-refractivity contribution in [2.24, 2.45) is 10.9 Å². The monoisotopic (exact) mass is 391 g/mol. The van der Waals surface area contributed by atoms with E-state index in [-0.39, 0.29) is 24.3 Å². The maximum Gasteiger partial charge on any atom is 0.337 e. The highest BCUT2D eigenvalue weighted by Crippen LogP contribution is 2.37. The van der Waals surface area contributed by atoms with E-state index in [0.717, 1.165) is 30.7 Å². The molecule has 0 unspecified atom stereocenters. The maximum absolute atomic E-state index is 13.1. The molecule has 1 aliphatic heterocycles. The van der Waals surface area contributed by atoms with E-state index >= 15 is 0 Å². The molecule has 0 aromatic heterocycles. The Hall–Kier alpha value is -3.48. The van der Waals surface area contributed by atoms with Crippen LogP contribution in [0.25, 0.3) is 0 Å². The highest BCUT2D eigenvalue weighted by atomic mass is 16.5. The smallest absolute Gasteiger partial charge is 0.337 e. The molecule has 1 N–H and O–H groups in total. The number of hydrogen-bond donors (Lipinski definition) is 1. The van der Waals surface area contributed by atoms with Crippen molar-refractivity contribution in [2.75, 3.05) is 23.9 Å². The number of rotatable bonds is 4. The Labute approximate surface area is 168 Å². The van der Waals surface area contributed by atoms with Crippen LogP contribution in [-0.2, 0) is 14.3 Å². The van der Waals surface area contributed by atoms with Crippen molar-refractivity contribution in [1.29, 1.82) is 0 Å². The number of carbonyl (C=O) groups is 3. The molecule has 1 heterocycles. The number of esters is 1. The summed E-state index contributed by atoms with van der Waals surface area (Å²) >= 11 is 0. The Morgan fingerprint density at radius 3 is 2.69 bits per heavy atom. The van der Waals surface area contributed by atoms with Gasteiger partial charge < -0.3 is 15.0 Å². The molecule has 0 saturated heterocycles. The zero-order chi connectivity index (χ0) is 20.4. The summed E-state index contributed by atoms with van der Waals surface area (Å²) in [5.74, 6) is -1.10. The molecule has 1 saturated carbocycles. The number of carbonyl (C=O) groups excluding carboxylic acids is 3. The lowest BCUT2D eigenvalue weighted by Gasteiger charge is -2.24. The zero-order valence-electron chi connectivity index (χ0n) is 16.1. The maximum atomic E-state index is 13.1. The van der Waals surface area contributed by atoms with Gasteiger partial charge >= 0.3 is 5.97 Å². The van der Waals surface area contributed by atoms with Crippen LogP contribution in [0.4, 0.5) is 17.1 Å². The van der Waals surface area contributed by atoms with Crippen molar-refractivity contribution in [3.05, 3.63) is 54.1 Å². The largest absolute Gasteiger partial charge is 0.465 e. The number of ether oxygens (including phenoxy) is 1. The molecule has 0 spiro atoms. The van der Waals surface area contributed by atoms with Gasteiger partial charge in [0, 0.05) is 11.4 Å². The Morgan fingerprint density at radius 2 is 1.93 bits per heavy atom. The normalized spacial score (nSPS) is 17.7. The lowest BCUT2D eigenvalue weighted by Crippen LogP contribution is -2.41. The van der Waals surface area contributed by atoms with E-state index < -0.39 is 5.97 Å². The average Bonchev–Trinajstić information content (AvgIpc) is 3.16. The number of benzene rings is 2. The standard InChI is InChI=1S/C22H21N3O4/c1-29-22(28)14-9-11-15(12-10-14)23-20(26)13-25-19-8-3-2-6-18(19)24-17-7-4-5-16(17)21(25)27/h2-3,6,8-12,16H,4-5,7,13H2,1H3,(H,23,26)/t16-/m0/s1. The summed E-state index contributed by atoms with van der Waals surface area (Å²) in [4.78, 5) is 43.6. The Kier molecular flexibility index (Phi) is 5.12. The van der Waals surface area contributed by atoms with Crippen LogP contribution in [0, 0.1) is 5.92 Å². The molecule has 2 aromatic rings. The number of fused-ring (bicyclic) bond motifs is 2. The van der Waals surface area contributed by atoms with Gasteiger partial charge in [0.2, 0.25) is 11.8 Å². The van der Waals surface area contributed by atoms with Gasteiger partial charge in [0.05, 0.1) is 30.0 Å². The molecule has 2 aromatic carbocycles. The van der Waals surface area contributed by atoms with Crippen molar-refractivity contribution >= 4 is 40.6 Å². The first-order valence-electron chi connectivity index (χ1n) is 9.53.